The van der Waals surface area contributed by atoms with Gasteiger partial charge in [-0.15, -0.1) is 0 Å². The highest BCUT2D eigenvalue weighted by Crippen LogP contribution is 2.37. The van der Waals surface area contributed by atoms with E-state index < -0.39 is 23.5 Å². The van der Waals surface area contributed by atoms with E-state index in [2.05, 4.69) is 10.3 Å². The maximum absolute atomic E-state index is 12.9. The Balaban J connectivity index is 2.36. The third kappa shape index (κ3) is 4.27. The van der Waals surface area contributed by atoms with E-state index in [0.717, 1.165) is 18.2 Å². The molecule has 2 aromatic rings. The van der Waals surface area contributed by atoms with E-state index in [4.69, 9.17) is 0 Å². The molecule has 0 heterocycles. The van der Waals surface area contributed by atoms with Gasteiger partial charge in [-0.25, -0.2) is 4.99 Å². The number of halogens is 6. The van der Waals surface area contributed by atoms with E-state index in [1.165, 1.54) is 37.3 Å². The first-order valence-electron chi connectivity index (χ1n) is 6.74. The zero-order chi connectivity index (χ0) is 18.0. The first kappa shape index (κ1) is 17.8. The third-order valence-corrected chi connectivity index (χ3v) is 3.05. The van der Waals surface area contributed by atoms with Crippen LogP contribution in [0.15, 0.2) is 53.5 Å². The number of nitrogens with one attached hydrogen (secondary N) is 1. The zero-order valence-corrected chi connectivity index (χ0v) is 12.3. The zero-order valence-electron chi connectivity index (χ0n) is 12.3. The Labute approximate surface area is 133 Å². The lowest BCUT2D eigenvalue weighted by molar-refractivity contribution is -0.137. The van der Waals surface area contributed by atoms with Gasteiger partial charge in [0.15, 0.2) is 0 Å². The Hall–Kier alpha value is -2.51. The minimum absolute atomic E-state index is 0.0941. The Morgan fingerprint density at radius 2 is 1.29 bits per heavy atom. The predicted molar refractivity (Wildman–Crippen MR) is 79.3 cm³/mol. The summed E-state index contributed by atoms with van der Waals surface area (Å²) >= 11 is 0. The monoisotopic (exact) mass is 346 g/mol. The summed E-state index contributed by atoms with van der Waals surface area (Å²) in [7, 11) is 0. The molecule has 0 aliphatic heterocycles. The molecule has 0 radical (unpaired) electrons. The van der Waals surface area contributed by atoms with Crippen molar-refractivity contribution >= 4 is 17.2 Å². The van der Waals surface area contributed by atoms with Crippen LogP contribution in [0.25, 0.3) is 0 Å². The van der Waals surface area contributed by atoms with Gasteiger partial charge in [0, 0.05) is 0 Å². The quantitative estimate of drug-likeness (QED) is 0.409. The van der Waals surface area contributed by atoms with Crippen LogP contribution in [0.2, 0.25) is 0 Å². The highest BCUT2D eigenvalue weighted by molar-refractivity contribution is 5.96. The normalized spacial score (nSPS) is 13.0. The van der Waals surface area contributed by atoms with Crippen LogP contribution in [0.5, 0.6) is 0 Å². The number of hydrogen-bond acceptors (Lipinski definition) is 1. The standard InChI is InChI=1S/C16H12F6N2/c1-10(23-13-8-4-2-6-11(13)15(17,18)19)24-14-9-5-3-7-12(14)16(20,21)22/h2-9H,1H3,(H,23,24). The van der Waals surface area contributed by atoms with Crippen molar-refractivity contribution < 1.29 is 26.3 Å². The van der Waals surface area contributed by atoms with Gasteiger partial charge in [-0.3, -0.25) is 0 Å². The molecule has 0 aliphatic rings. The summed E-state index contributed by atoms with van der Waals surface area (Å²) in [5, 5.41) is 2.41. The summed E-state index contributed by atoms with van der Waals surface area (Å²) < 4.78 is 77.5. The van der Waals surface area contributed by atoms with E-state index in [1.54, 1.807) is 0 Å². The molecule has 0 bridgehead atoms. The Bertz CT molecular complexity index is 747. The molecule has 0 fully saturated rings. The Morgan fingerprint density at radius 1 is 0.792 bits per heavy atom. The first-order chi connectivity index (χ1) is 11.1. The second kappa shape index (κ2) is 6.54. The van der Waals surface area contributed by atoms with E-state index in [-0.39, 0.29) is 17.2 Å². The molecule has 0 spiro atoms. The first-order valence-corrected chi connectivity index (χ1v) is 6.74. The second-order valence-corrected chi connectivity index (χ2v) is 4.88. The lowest BCUT2D eigenvalue weighted by Gasteiger charge is -2.15. The molecule has 0 amide bonds. The molecule has 128 valence electrons. The van der Waals surface area contributed by atoms with Crippen LogP contribution < -0.4 is 5.32 Å². The van der Waals surface area contributed by atoms with Crippen LogP contribution in [0.3, 0.4) is 0 Å². The highest BCUT2D eigenvalue weighted by atomic mass is 19.4. The largest absolute Gasteiger partial charge is 0.418 e. The summed E-state index contributed by atoms with van der Waals surface area (Å²) in [4.78, 5) is 3.76. The van der Waals surface area contributed by atoms with Gasteiger partial charge in [-0.1, -0.05) is 24.3 Å². The van der Waals surface area contributed by atoms with Crippen molar-refractivity contribution in [1.29, 1.82) is 0 Å². The average Bonchev–Trinajstić information content (AvgIpc) is 2.46. The van der Waals surface area contributed by atoms with Crippen molar-refractivity contribution in [2.24, 2.45) is 4.99 Å². The summed E-state index contributed by atoms with van der Waals surface area (Å²) in [6, 6.07) is 9.23. The van der Waals surface area contributed by atoms with Gasteiger partial charge < -0.3 is 5.32 Å². The molecule has 0 unspecified atom stereocenters. The van der Waals surface area contributed by atoms with Crippen molar-refractivity contribution in [1.82, 2.24) is 0 Å². The Morgan fingerprint density at radius 3 is 1.88 bits per heavy atom. The van der Waals surface area contributed by atoms with Crippen LogP contribution in [0.1, 0.15) is 18.1 Å². The smallest absolute Gasteiger partial charge is 0.343 e. The molecule has 1 N–H and O–H groups in total. The molecule has 0 aliphatic carbocycles. The SMILES string of the molecule is CC(=Nc1ccccc1C(F)(F)F)Nc1ccccc1C(F)(F)F. The van der Waals surface area contributed by atoms with E-state index in [9.17, 15) is 26.3 Å². The fourth-order valence-electron chi connectivity index (χ4n) is 2.05. The number of anilines is 1. The Kier molecular flexibility index (Phi) is 4.86. The van der Waals surface area contributed by atoms with Crippen molar-refractivity contribution in [3.8, 4) is 0 Å². The average molecular weight is 346 g/mol. The summed E-state index contributed by atoms with van der Waals surface area (Å²) in [5.41, 5.74) is -2.55. The van der Waals surface area contributed by atoms with Crippen molar-refractivity contribution in [3.63, 3.8) is 0 Å². The number of rotatable bonds is 2. The summed E-state index contributed by atoms with van der Waals surface area (Å²) in [6.45, 7) is 1.29. The van der Waals surface area contributed by atoms with Crippen LogP contribution in [-0.2, 0) is 12.4 Å². The minimum atomic E-state index is -4.61. The lowest BCUT2D eigenvalue weighted by atomic mass is 10.1. The van der Waals surface area contributed by atoms with Gasteiger partial charge in [-0.2, -0.15) is 26.3 Å². The lowest BCUT2D eigenvalue weighted by Crippen LogP contribution is -2.14. The number of para-hydroxylation sites is 2. The van der Waals surface area contributed by atoms with Gasteiger partial charge in [-0.05, 0) is 31.2 Å². The van der Waals surface area contributed by atoms with Crippen LogP contribution in [-0.4, -0.2) is 5.84 Å². The maximum Gasteiger partial charge on any atom is 0.418 e. The van der Waals surface area contributed by atoms with Crippen LogP contribution >= 0.6 is 0 Å². The summed E-state index contributed by atoms with van der Waals surface area (Å²) in [5.74, 6) is -0.0941. The molecule has 0 saturated heterocycles. The fraction of sp³-hybridized carbons (Fsp3) is 0.188. The van der Waals surface area contributed by atoms with E-state index >= 15 is 0 Å². The third-order valence-electron chi connectivity index (χ3n) is 3.05. The van der Waals surface area contributed by atoms with Crippen LogP contribution in [0, 0.1) is 0 Å². The second-order valence-electron chi connectivity index (χ2n) is 4.88. The minimum Gasteiger partial charge on any atom is -0.343 e. The van der Waals surface area contributed by atoms with Gasteiger partial charge in [0.2, 0.25) is 0 Å². The molecule has 0 aromatic heterocycles. The molecular weight excluding hydrogens is 334 g/mol. The molecule has 2 nitrogen and oxygen atoms in total. The van der Waals surface area contributed by atoms with E-state index in [1.807, 2.05) is 0 Å². The molecule has 0 saturated carbocycles. The molecule has 24 heavy (non-hydrogen) atoms. The van der Waals surface area contributed by atoms with Gasteiger partial charge in [0.05, 0.1) is 22.5 Å². The number of nitrogens with zero attached hydrogens (tertiary/aromatic N) is 1. The maximum atomic E-state index is 12.9. The number of alkyl halides is 6. The molecule has 2 rings (SSSR count). The van der Waals surface area contributed by atoms with Crippen molar-refractivity contribution in [3.05, 3.63) is 59.7 Å². The molecule has 2 aromatic carbocycles. The molecule has 8 heteroatoms. The van der Waals surface area contributed by atoms with Crippen LogP contribution in [0.4, 0.5) is 37.7 Å². The topological polar surface area (TPSA) is 24.4 Å². The van der Waals surface area contributed by atoms with Gasteiger partial charge in [0.25, 0.3) is 0 Å². The van der Waals surface area contributed by atoms with Crippen molar-refractivity contribution in [2.45, 2.75) is 19.3 Å². The van der Waals surface area contributed by atoms with E-state index in [0.29, 0.717) is 0 Å². The highest BCUT2D eigenvalue weighted by Gasteiger charge is 2.34. The predicted octanol–water partition coefficient (Wildman–Crippen LogP) is 5.89. The number of benzene rings is 2. The van der Waals surface area contributed by atoms with Gasteiger partial charge >= 0.3 is 12.4 Å². The van der Waals surface area contributed by atoms with Gasteiger partial charge in [0.1, 0.15) is 5.84 Å². The fourth-order valence-corrected chi connectivity index (χ4v) is 2.05. The number of amidine groups is 1. The number of aliphatic imine (C=N–C) groups is 1. The summed E-state index contributed by atoms with van der Waals surface area (Å²) in [6.07, 6.45) is -9.20. The van der Waals surface area contributed by atoms with Crippen molar-refractivity contribution in [2.75, 3.05) is 5.32 Å². The number of hydrogen-bond donors (Lipinski definition) is 1. The molecule has 0 atom stereocenters. The molecular formula is C16H12F6N2.